The number of halogens is 1. The van der Waals surface area contributed by atoms with Gasteiger partial charge in [0.25, 0.3) is 0 Å². The molecular formula is C13H29FN2O. The summed E-state index contributed by atoms with van der Waals surface area (Å²) in [5.74, 6) is -0.572. The second-order valence-corrected chi connectivity index (χ2v) is 2.73. The second-order valence-electron chi connectivity index (χ2n) is 2.73. The summed E-state index contributed by atoms with van der Waals surface area (Å²) >= 11 is 0. The fourth-order valence-corrected chi connectivity index (χ4v) is 1.01. The van der Waals surface area contributed by atoms with Gasteiger partial charge in [-0.3, -0.25) is 9.79 Å². The van der Waals surface area contributed by atoms with Crippen molar-refractivity contribution < 1.29 is 10.6 Å². The number of hydrogen-bond donors (Lipinski definition) is 1. The van der Waals surface area contributed by atoms with Crippen molar-refractivity contribution in [3.63, 3.8) is 0 Å². The second kappa shape index (κ2) is 14.8. The van der Waals surface area contributed by atoms with Crippen LogP contribution >= 0.6 is 0 Å². The van der Waals surface area contributed by atoms with E-state index in [-0.39, 0.29) is 18.9 Å². The van der Waals surface area contributed by atoms with Gasteiger partial charge in [-0.05, 0) is 20.8 Å². The number of rotatable bonds is 3. The minimum atomic E-state index is -0.390. The van der Waals surface area contributed by atoms with Crippen molar-refractivity contribution >= 4 is 12.1 Å². The van der Waals surface area contributed by atoms with Crippen LogP contribution in [0.3, 0.4) is 0 Å². The van der Waals surface area contributed by atoms with E-state index in [2.05, 4.69) is 10.3 Å². The largest absolute Gasteiger partial charge is 0.348 e. The van der Waals surface area contributed by atoms with Crippen LogP contribution in [0.1, 0.15) is 56.8 Å². The Morgan fingerprint density at radius 1 is 1.29 bits per heavy atom. The molecule has 1 amide bonds. The molecule has 1 N–H and O–H groups in total. The number of nitrogens with one attached hydrogen (secondary N) is 1. The maximum absolute atomic E-state index is 12.9. The molecule has 104 valence electrons. The van der Waals surface area contributed by atoms with Gasteiger partial charge in [-0.15, -0.1) is 0 Å². The molecule has 0 radical (unpaired) electrons. The molecule has 1 unspecified atom stereocenters. The maximum Gasteiger partial charge on any atom is 0.217 e. The molecule has 0 aromatic carbocycles. The standard InChI is InChI=1S/C9H15FN2O.2C2H6.H2/c1-5-11-9(6(2)10)7(3)12-8(4)13;2*1-2;/h5,7H,1-4H3,(H,12,13);2*1-2H3;1H/b9-6+,11-5?;;;. The average Bonchev–Trinajstić information content (AvgIpc) is 2.29. The van der Waals surface area contributed by atoms with Crippen LogP contribution < -0.4 is 5.32 Å². The zero-order chi connectivity index (χ0) is 14.4. The smallest absolute Gasteiger partial charge is 0.217 e. The van der Waals surface area contributed by atoms with Gasteiger partial charge in [-0.1, -0.05) is 27.7 Å². The normalized spacial score (nSPS) is 12.5. The van der Waals surface area contributed by atoms with Crippen LogP contribution in [-0.2, 0) is 4.79 Å². The molecule has 0 fully saturated rings. The lowest BCUT2D eigenvalue weighted by Gasteiger charge is -2.12. The number of carbonyl (C=O) groups is 1. The van der Waals surface area contributed by atoms with Crippen LogP contribution in [0.4, 0.5) is 4.39 Å². The molecule has 0 bridgehead atoms. The van der Waals surface area contributed by atoms with E-state index in [1.54, 1.807) is 13.8 Å². The Balaban J connectivity index is -0.000000177. The number of carbonyl (C=O) groups excluding carboxylic acids is 1. The third kappa shape index (κ3) is 12.7. The highest BCUT2D eigenvalue weighted by atomic mass is 19.1. The fraction of sp³-hybridized carbons (Fsp3) is 0.692. The minimum absolute atomic E-state index is 0. The molecule has 0 aliphatic rings. The molecule has 0 aliphatic carbocycles. The number of amides is 1. The van der Waals surface area contributed by atoms with Crippen molar-refractivity contribution in [3.05, 3.63) is 11.5 Å². The average molecular weight is 248 g/mol. The van der Waals surface area contributed by atoms with Gasteiger partial charge in [-0.25, -0.2) is 4.39 Å². The highest BCUT2D eigenvalue weighted by Crippen LogP contribution is 2.11. The summed E-state index contributed by atoms with van der Waals surface area (Å²) in [5, 5.41) is 2.56. The van der Waals surface area contributed by atoms with Crippen molar-refractivity contribution in [1.82, 2.24) is 5.32 Å². The summed E-state index contributed by atoms with van der Waals surface area (Å²) in [4.78, 5) is 14.5. The van der Waals surface area contributed by atoms with Crippen LogP contribution in [-0.4, -0.2) is 18.2 Å². The lowest BCUT2D eigenvalue weighted by Crippen LogP contribution is -2.31. The van der Waals surface area contributed by atoms with Crippen LogP contribution in [0.15, 0.2) is 16.5 Å². The summed E-state index contributed by atoms with van der Waals surface area (Å²) in [5.41, 5.74) is 0.262. The van der Waals surface area contributed by atoms with E-state index in [1.165, 1.54) is 20.1 Å². The first-order chi connectivity index (χ1) is 7.99. The Bertz CT molecular complexity index is 249. The molecule has 0 aliphatic heterocycles. The Morgan fingerprint density at radius 3 is 1.94 bits per heavy atom. The van der Waals surface area contributed by atoms with Gasteiger partial charge in [0.15, 0.2) is 0 Å². The molecule has 4 heteroatoms. The molecular weight excluding hydrogens is 219 g/mol. The van der Waals surface area contributed by atoms with Gasteiger partial charge in [0.1, 0.15) is 5.83 Å². The molecule has 0 rings (SSSR count). The van der Waals surface area contributed by atoms with Crippen LogP contribution in [0, 0.1) is 0 Å². The van der Waals surface area contributed by atoms with Crippen molar-refractivity contribution in [2.75, 3.05) is 0 Å². The van der Waals surface area contributed by atoms with Crippen LogP contribution in [0.25, 0.3) is 0 Å². The number of nitrogens with zero attached hydrogens (tertiary/aromatic N) is 1. The maximum atomic E-state index is 12.9. The number of hydrogen-bond acceptors (Lipinski definition) is 2. The van der Waals surface area contributed by atoms with Gasteiger partial charge in [0, 0.05) is 14.6 Å². The summed E-state index contributed by atoms with van der Waals surface area (Å²) in [7, 11) is 0. The van der Waals surface area contributed by atoms with E-state index in [1.807, 2.05) is 27.7 Å². The predicted octanol–water partition coefficient (Wildman–Crippen LogP) is 4.10. The van der Waals surface area contributed by atoms with E-state index >= 15 is 0 Å². The Labute approximate surface area is 107 Å². The molecule has 1 atom stereocenters. The van der Waals surface area contributed by atoms with Gasteiger partial charge >= 0.3 is 0 Å². The SMILES string of the molecule is CC.CC.CC=N/C(=C(\C)F)C(C)NC(C)=O.[HH]. The molecule has 3 nitrogen and oxygen atoms in total. The Morgan fingerprint density at radius 2 is 1.71 bits per heavy atom. The Hall–Kier alpha value is -1.19. The first-order valence-electron chi connectivity index (χ1n) is 6.11. The van der Waals surface area contributed by atoms with E-state index in [0.29, 0.717) is 0 Å². The quantitative estimate of drug-likeness (QED) is 0.750. The van der Waals surface area contributed by atoms with Gasteiger partial charge < -0.3 is 5.32 Å². The Kier molecular flexibility index (Phi) is 18.4. The van der Waals surface area contributed by atoms with Crippen molar-refractivity contribution in [1.29, 1.82) is 0 Å². The fourth-order valence-electron chi connectivity index (χ4n) is 1.01. The highest BCUT2D eigenvalue weighted by molar-refractivity contribution is 5.73. The monoisotopic (exact) mass is 248 g/mol. The number of allylic oxidation sites excluding steroid dienone is 1. The van der Waals surface area contributed by atoms with Crippen LogP contribution in [0.5, 0.6) is 0 Å². The summed E-state index contributed by atoms with van der Waals surface area (Å²) in [6.45, 7) is 14.1. The molecule has 0 saturated carbocycles. The lowest BCUT2D eigenvalue weighted by molar-refractivity contribution is -0.119. The van der Waals surface area contributed by atoms with Crippen LogP contribution in [0.2, 0.25) is 0 Å². The zero-order valence-corrected chi connectivity index (χ0v) is 12.4. The lowest BCUT2D eigenvalue weighted by atomic mass is 10.2. The number of aliphatic imine (C=N–C) groups is 1. The summed E-state index contributed by atoms with van der Waals surface area (Å²) in [6, 6.07) is -0.390. The van der Waals surface area contributed by atoms with Gasteiger partial charge in [0.2, 0.25) is 5.91 Å². The molecule has 17 heavy (non-hydrogen) atoms. The summed E-state index contributed by atoms with van der Waals surface area (Å²) in [6.07, 6.45) is 1.50. The molecule has 0 spiro atoms. The molecule has 0 saturated heterocycles. The summed E-state index contributed by atoms with van der Waals surface area (Å²) < 4.78 is 12.9. The predicted molar refractivity (Wildman–Crippen MR) is 76.1 cm³/mol. The molecule has 0 aromatic rings. The highest BCUT2D eigenvalue weighted by Gasteiger charge is 2.11. The van der Waals surface area contributed by atoms with Gasteiger partial charge in [0.05, 0.1) is 11.7 Å². The topological polar surface area (TPSA) is 41.5 Å². The first-order valence-corrected chi connectivity index (χ1v) is 6.11. The molecule has 0 aromatic heterocycles. The molecule has 0 heterocycles. The third-order valence-corrected chi connectivity index (χ3v) is 1.45. The van der Waals surface area contributed by atoms with Crippen molar-refractivity contribution in [3.8, 4) is 0 Å². The third-order valence-electron chi connectivity index (χ3n) is 1.45. The van der Waals surface area contributed by atoms with E-state index in [4.69, 9.17) is 0 Å². The zero-order valence-electron chi connectivity index (χ0n) is 12.4. The first kappa shape index (κ1) is 21.1. The van der Waals surface area contributed by atoms with Gasteiger partial charge in [-0.2, -0.15) is 0 Å². The minimum Gasteiger partial charge on any atom is -0.348 e. The van der Waals surface area contributed by atoms with Crippen molar-refractivity contribution in [2.45, 2.75) is 61.4 Å². The van der Waals surface area contributed by atoms with E-state index in [0.717, 1.165) is 0 Å². The van der Waals surface area contributed by atoms with Crippen molar-refractivity contribution in [2.24, 2.45) is 4.99 Å². The van der Waals surface area contributed by atoms with E-state index < -0.39 is 6.04 Å². The van der Waals surface area contributed by atoms with E-state index in [9.17, 15) is 9.18 Å².